The Labute approximate surface area is 161 Å². The first kappa shape index (κ1) is 19.2. The SMILES string of the molecule is CNS(=O)(=O)C1=C(C)NC(C2SC=CN2C)=NC1c1ccc(F)cc1Cl. The molecule has 1 aromatic carbocycles. The minimum absolute atomic E-state index is 0.0656. The molecule has 140 valence electrons. The van der Waals surface area contributed by atoms with Gasteiger partial charge in [0.15, 0.2) is 0 Å². The van der Waals surface area contributed by atoms with Gasteiger partial charge in [-0.15, -0.1) is 0 Å². The fourth-order valence-corrected chi connectivity index (χ4v) is 5.18. The van der Waals surface area contributed by atoms with E-state index in [1.165, 1.54) is 19.2 Å². The van der Waals surface area contributed by atoms with E-state index in [1.54, 1.807) is 18.7 Å². The second kappa shape index (κ2) is 7.22. The number of allylic oxidation sites excluding steroid dienone is 1. The Balaban J connectivity index is 2.14. The van der Waals surface area contributed by atoms with Gasteiger partial charge in [-0.1, -0.05) is 29.4 Å². The number of hydrogen-bond acceptors (Lipinski definition) is 6. The number of nitrogens with zero attached hydrogens (tertiary/aromatic N) is 2. The van der Waals surface area contributed by atoms with Gasteiger partial charge in [-0.3, -0.25) is 4.99 Å². The molecule has 0 amide bonds. The predicted octanol–water partition coefficient (Wildman–Crippen LogP) is 2.78. The highest BCUT2D eigenvalue weighted by atomic mass is 35.5. The van der Waals surface area contributed by atoms with Gasteiger partial charge in [0.05, 0.1) is 0 Å². The van der Waals surface area contributed by atoms with Crippen LogP contribution < -0.4 is 10.0 Å². The predicted molar refractivity (Wildman–Crippen MR) is 104 cm³/mol. The second-order valence-electron chi connectivity index (χ2n) is 5.84. The third kappa shape index (κ3) is 3.48. The van der Waals surface area contributed by atoms with Gasteiger partial charge < -0.3 is 10.2 Å². The zero-order chi connectivity index (χ0) is 19.1. The molecule has 2 N–H and O–H groups in total. The maximum Gasteiger partial charge on any atom is 0.240 e. The molecule has 6 nitrogen and oxygen atoms in total. The van der Waals surface area contributed by atoms with Crippen molar-refractivity contribution < 1.29 is 12.8 Å². The topological polar surface area (TPSA) is 73.8 Å². The molecule has 2 heterocycles. The summed E-state index contributed by atoms with van der Waals surface area (Å²) in [5.74, 6) is 0.117. The summed E-state index contributed by atoms with van der Waals surface area (Å²) < 4.78 is 41.0. The lowest BCUT2D eigenvalue weighted by atomic mass is 10.0. The van der Waals surface area contributed by atoms with Gasteiger partial charge in [0.25, 0.3) is 0 Å². The summed E-state index contributed by atoms with van der Waals surface area (Å²) in [5, 5.41) is 5.06. The molecule has 10 heteroatoms. The van der Waals surface area contributed by atoms with Crippen LogP contribution in [0.1, 0.15) is 18.5 Å². The molecule has 2 aliphatic heterocycles. The molecule has 0 aliphatic carbocycles. The van der Waals surface area contributed by atoms with Crippen LogP contribution in [0.3, 0.4) is 0 Å². The number of rotatable bonds is 4. The van der Waals surface area contributed by atoms with Crippen molar-refractivity contribution in [3.8, 4) is 0 Å². The Morgan fingerprint density at radius 3 is 2.73 bits per heavy atom. The zero-order valence-electron chi connectivity index (χ0n) is 14.3. The molecule has 0 saturated heterocycles. The van der Waals surface area contributed by atoms with E-state index in [0.29, 0.717) is 17.1 Å². The van der Waals surface area contributed by atoms with Crippen LogP contribution in [0.5, 0.6) is 0 Å². The van der Waals surface area contributed by atoms with E-state index < -0.39 is 21.9 Å². The van der Waals surface area contributed by atoms with E-state index in [2.05, 4.69) is 15.0 Å². The maximum absolute atomic E-state index is 13.5. The maximum atomic E-state index is 13.5. The Morgan fingerprint density at radius 1 is 1.42 bits per heavy atom. The number of benzene rings is 1. The molecule has 2 aliphatic rings. The molecule has 0 fully saturated rings. The lowest BCUT2D eigenvalue weighted by Gasteiger charge is -2.31. The fourth-order valence-electron chi connectivity index (χ4n) is 2.84. The van der Waals surface area contributed by atoms with E-state index in [-0.39, 0.29) is 15.3 Å². The summed E-state index contributed by atoms with van der Waals surface area (Å²) in [5.41, 5.74) is 0.884. The summed E-state index contributed by atoms with van der Waals surface area (Å²) in [6.07, 6.45) is 1.91. The Morgan fingerprint density at radius 2 is 2.15 bits per heavy atom. The molecule has 1 aromatic rings. The molecule has 0 spiro atoms. The van der Waals surface area contributed by atoms with Gasteiger partial charge in [-0.25, -0.2) is 17.5 Å². The Hall–Kier alpha value is -1.55. The van der Waals surface area contributed by atoms with Crippen LogP contribution >= 0.6 is 23.4 Å². The number of likely N-dealkylation sites (N-methyl/N-ethyl adjacent to an activating group) is 1. The number of sulfonamides is 1. The summed E-state index contributed by atoms with van der Waals surface area (Å²) in [6.45, 7) is 1.68. The fraction of sp³-hybridized carbons (Fsp3) is 0.312. The van der Waals surface area contributed by atoms with E-state index in [4.69, 9.17) is 11.6 Å². The van der Waals surface area contributed by atoms with Crippen molar-refractivity contribution in [3.63, 3.8) is 0 Å². The molecule has 0 aromatic heterocycles. The van der Waals surface area contributed by atoms with Crippen molar-refractivity contribution in [1.29, 1.82) is 0 Å². The molecule has 0 bridgehead atoms. The van der Waals surface area contributed by atoms with Crippen LogP contribution in [0, 0.1) is 5.82 Å². The average molecular weight is 417 g/mol. The molecule has 26 heavy (non-hydrogen) atoms. The molecule has 0 saturated carbocycles. The highest BCUT2D eigenvalue weighted by Gasteiger charge is 2.36. The number of halogens is 2. The lowest BCUT2D eigenvalue weighted by molar-refractivity contribution is 0.495. The van der Waals surface area contributed by atoms with E-state index in [9.17, 15) is 12.8 Å². The zero-order valence-corrected chi connectivity index (χ0v) is 16.7. The van der Waals surface area contributed by atoms with Gasteiger partial charge >= 0.3 is 0 Å². The Bertz CT molecular complexity index is 930. The van der Waals surface area contributed by atoms with Crippen molar-refractivity contribution in [2.24, 2.45) is 4.99 Å². The number of nitrogens with one attached hydrogen (secondary N) is 2. The highest BCUT2D eigenvalue weighted by Crippen LogP contribution is 2.39. The third-order valence-electron chi connectivity index (χ3n) is 4.12. The number of aliphatic imine (C=N–C) groups is 1. The number of thioether (sulfide) groups is 1. The van der Waals surface area contributed by atoms with E-state index >= 15 is 0 Å². The van der Waals surface area contributed by atoms with E-state index in [0.717, 1.165) is 6.07 Å². The number of amidine groups is 1. The summed E-state index contributed by atoms with van der Waals surface area (Å²) in [7, 11) is -0.541. The van der Waals surface area contributed by atoms with Gasteiger partial charge in [0.1, 0.15) is 28.0 Å². The largest absolute Gasteiger partial charge is 0.361 e. The van der Waals surface area contributed by atoms with Crippen molar-refractivity contribution in [3.05, 3.63) is 56.8 Å². The van der Waals surface area contributed by atoms with Crippen LogP contribution in [0.4, 0.5) is 4.39 Å². The summed E-state index contributed by atoms with van der Waals surface area (Å²) in [6, 6.07) is 3.00. The van der Waals surface area contributed by atoms with Crippen molar-refractivity contribution in [2.45, 2.75) is 18.3 Å². The van der Waals surface area contributed by atoms with Crippen molar-refractivity contribution in [1.82, 2.24) is 14.9 Å². The third-order valence-corrected chi connectivity index (χ3v) is 7.19. The second-order valence-corrected chi connectivity index (χ2v) is 9.10. The molecule has 0 radical (unpaired) electrons. The molecular weight excluding hydrogens is 399 g/mol. The standard InChI is InChI=1S/C16H18ClFN4O2S2/c1-9-14(26(23,24)19-2)13(11-5-4-10(18)8-12(11)17)21-15(20-9)16-22(3)6-7-25-16/h4-8,13,16,19H,1-3H3,(H,20,21). The minimum atomic E-state index is -3.78. The first-order valence-electron chi connectivity index (χ1n) is 7.72. The first-order valence-corrected chi connectivity index (χ1v) is 10.5. The van der Waals surface area contributed by atoms with Gasteiger partial charge in [0, 0.05) is 29.5 Å². The van der Waals surface area contributed by atoms with Crippen LogP contribution in [0.15, 0.2) is 45.4 Å². The summed E-state index contributed by atoms with van der Waals surface area (Å²) >= 11 is 7.76. The van der Waals surface area contributed by atoms with Gasteiger partial charge in [0.2, 0.25) is 10.0 Å². The van der Waals surface area contributed by atoms with Crippen LogP contribution in [0.25, 0.3) is 0 Å². The number of hydrogen-bond donors (Lipinski definition) is 2. The van der Waals surface area contributed by atoms with Crippen molar-refractivity contribution >= 4 is 39.2 Å². The lowest BCUT2D eigenvalue weighted by Crippen LogP contribution is -2.43. The monoisotopic (exact) mass is 416 g/mol. The quantitative estimate of drug-likeness (QED) is 0.789. The minimum Gasteiger partial charge on any atom is -0.361 e. The molecule has 2 unspecified atom stereocenters. The average Bonchev–Trinajstić information content (AvgIpc) is 3.00. The van der Waals surface area contributed by atoms with Gasteiger partial charge in [-0.2, -0.15) is 0 Å². The van der Waals surface area contributed by atoms with E-state index in [1.807, 2.05) is 23.6 Å². The smallest absolute Gasteiger partial charge is 0.240 e. The van der Waals surface area contributed by atoms with Gasteiger partial charge in [-0.05, 0) is 31.5 Å². The highest BCUT2D eigenvalue weighted by molar-refractivity contribution is 8.03. The molecule has 2 atom stereocenters. The molecular formula is C16H18ClFN4O2S2. The molecule has 3 rings (SSSR count). The van der Waals surface area contributed by atoms with Crippen LogP contribution in [-0.4, -0.2) is 38.6 Å². The van der Waals surface area contributed by atoms with Crippen molar-refractivity contribution in [2.75, 3.05) is 14.1 Å². The summed E-state index contributed by atoms with van der Waals surface area (Å²) in [4.78, 5) is 6.67. The normalized spacial score (nSPS) is 23.3. The van der Waals surface area contributed by atoms with Crippen LogP contribution in [-0.2, 0) is 10.0 Å². The first-order chi connectivity index (χ1) is 12.2. The van der Waals surface area contributed by atoms with Crippen LogP contribution in [0.2, 0.25) is 5.02 Å². The Kier molecular flexibility index (Phi) is 5.34.